The Hall–Kier alpha value is -2.25. The molecule has 25 heavy (non-hydrogen) atoms. The Kier molecular flexibility index (Phi) is 5.78. The molecule has 0 saturated heterocycles. The van der Waals surface area contributed by atoms with E-state index in [2.05, 4.69) is 43.1 Å². The highest BCUT2D eigenvalue weighted by Gasteiger charge is 2.10. The molecule has 3 aromatic rings. The van der Waals surface area contributed by atoms with Crippen LogP contribution in [0.4, 0.5) is 0 Å². The van der Waals surface area contributed by atoms with Crippen molar-refractivity contribution in [2.45, 2.75) is 20.0 Å². The van der Waals surface area contributed by atoms with Crippen LogP contribution in [-0.4, -0.2) is 34.9 Å². The molecular formula is C18H21N5S2. The molecule has 0 bridgehead atoms. The lowest BCUT2D eigenvalue weighted by molar-refractivity contribution is 0.470. The van der Waals surface area contributed by atoms with Gasteiger partial charge in [-0.2, -0.15) is 0 Å². The number of aryl methyl sites for hydroxylation is 1. The molecule has 5 nitrogen and oxygen atoms in total. The zero-order valence-corrected chi connectivity index (χ0v) is 16.2. The molecule has 0 aliphatic rings. The van der Waals surface area contributed by atoms with E-state index in [0.29, 0.717) is 6.54 Å². The number of rotatable bonds is 5. The van der Waals surface area contributed by atoms with Crippen LogP contribution in [0.3, 0.4) is 0 Å². The number of guanidine groups is 1. The Morgan fingerprint density at radius 1 is 1.16 bits per heavy atom. The van der Waals surface area contributed by atoms with E-state index in [1.54, 1.807) is 29.7 Å². The summed E-state index contributed by atoms with van der Waals surface area (Å²) in [6.07, 6.45) is 0. The van der Waals surface area contributed by atoms with Crippen LogP contribution in [0, 0.1) is 6.92 Å². The topological polar surface area (TPSA) is 53.4 Å². The fourth-order valence-electron chi connectivity index (χ4n) is 2.47. The van der Waals surface area contributed by atoms with Crippen LogP contribution < -0.4 is 5.32 Å². The first-order valence-corrected chi connectivity index (χ1v) is 9.74. The number of nitrogens with one attached hydrogen (secondary N) is 1. The number of hydrogen-bond acceptors (Lipinski definition) is 5. The van der Waals surface area contributed by atoms with Crippen LogP contribution >= 0.6 is 22.7 Å². The minimum Gasteiger partial charge on any atom is -0.350 e. The lowest BCUT2D eigenvalue weighted by Crippen LogP contribution is -2.38. The molecule has 2 heterocycles. The molecule has 1 aromatic carbocycles. The first kappa shape index (κ1) is 17.6. The van der Waals surface area contributed by atoms with E-state index in [-0.39, 0.29) is 0 Å². The largest absolute Gasteiger partial charge is 0.350 e. The van der Waals surface area contributed by atoms with Gasteiger partial charge >= 0.3 is 0 Å². The van der Waals surface area contributed by atoms with Crippen molar-refractivity contribution in [3.05, 3.63) is 56.8 Å². The van der Waals surface area contributed by atoms with E-state index in [0.717, 1.165) is 39.5 Å². The molecule has 0 aliphatic carbocycles. The van der Waals surface area contributed by atoms with Crippen LogP contribution in [-0.2, 0) is 13.1 Å². The smallest absolute Gasteiger partial charge is 0.194 e. The van der Waals surface area contributed by atoms with Crippen molar-refractivity contribution in [2.24, 2.45) is 4.99 Å². The predicted octanol–water partition coefficient (Wildman–Crippen LogP) is 3.78. The molecule has 2 aromatic heterocycles. The number of benzene rings is 1. The van der Waals surface area contributed by atoms with E-state index < -0.39 is 0 Å². The summed E-state index contributed by atoms with van der Waals surface area (Å²) in [4.78, 5) is 15.6. The van der Waals surface area contributed by atoms with Crippen molar-refractivity contribution < 1.29 is 0 Å². The third-order valence-corrected chi connectivity index (χ3v) is 5.33. The highest BCUT2D eigenvalue weighted by atomic mass is 32.1. The van der Waals surface area contributed by atoms with Gasteiger partial charge in [-0.1, -0.05) is 30.3 Å². The van der Waals surface area contributed by atoms with E-state index in [9.17, 15) is 0 Å². The summed E-state index contributed by atoms with van der Waals surface area (Å²) in [6.45, 7) is 3.41. The molecule has 0 amide bonds. The minimum atomic E-state index is 0.657. The van der Waals surface area contributed by atoms with Crippen molar-refractivity contribution >= 4 is 28.6 Å². The molecule has 0 spiro atoms. The minimum absolute atomic E-state index is 0.657. The molecule has 0 unspecified atom stereocenters. The number of aromatic nitrogens is 2. The van der Waals surface area contributed by atoms with Gasteiger partial charge < -0.3 is 10.2 Å². The quantitative estimate of drug-likeness (QED) is 0.548. The molecule has 0 saturated carbocycles. The Balaban J connectivity index is 1.59. The number of aliphatic imine (C=N–C) groups is 1. The molecule has 7 heteroatoms. The number of hydrogen-bond donors (Lipinski definition) is 1. The fourth-order valence-corrected chi connectivity index (χ4v) is 3.82. The molecule has 0 radical (unpaired) electrons. The Morgan fingerprint density at radius 2 is 1.96 bits per heavy atom. The van der Waals surface area contributed by atoms with Gasteiger partial charge in [-0.3, -0.25) is 4.99 Å². The molecular weight excluding hydrogens is 350 g/mol. The van der Waals surface area contributed by atoms with Crippen molar-refractivity contribution in [2.75, 3.05) is 14.1 Å². The monoisotopic (exact) mass is 371 g/mol. The zero-order chi connectivity index (χ0) is 17.6. The van der Waals surface area contributed by atoms with E-state index >= 15 is 0 Å². The van der Waals surface area contributed by atoms with E-state index in [1.807, 2.05) is 32.2 Å². The van der Waals surface area contributed by atoms with Crippen molar-refractivity contribution in [1.29, 1.82) is 0 Å². The number of nitrogens with zero attached hydrogens (tertiary/aromatic N) is 4. The third kappa shape index (κ3) is 4.64. The maximum atomic E-state index is 4.71. The van der Waals surface area contributed by atoms with Gasteiger partial charge in [0.25, 0.3) is 0 Å². The van der Waals surface area contributed by atoms with Crippen LogP contribution in [0.25, 0.3) is 11.3 Å². The third-order valence-electron chi connectivity index (χ3n) is 3.66. The van der Waals surface area contributed by atoms with Gasteiger partial charge in [-0.25, -0.2) is 9.97 Å². The average Bonchev–Trinajstić information content (AvgIpc) is 3.25. The second-order valence-corrected chi connectivity index (χ2v) is 7.61. The highest BCUT2D eigenvalue weighted by molar-refractivity contribution is 7.10. The lowest BCUT2D eigenvalue weighted by Gasteiger charge is -2.20. The van der Waals surface area contributed by atoms with Crippen molar-refractivity contribution in [3.8, 4) is 11.3 Å². The summed E-state index contributed by atoms with van der Waals surface area (Å²) in [6, 6.07) is 10.2. The first-order chi connectivity index (χ1) is 12.2. The van der Waals surface area contributed by atoms with Crippen molar-refractivity contribution in [3.63, 3.8) is 0 Å². The van der Waals surface area contributed by atoms with Gasteiger partial charge in [0.15, 0.2) is 5.96 Å². The summed E-state index contributed by atoms with van der Waals surface area (Å²) < 4.78 is 0. The summed E-state index contributed by atoms with van der Waals surface area (Å²) in [5.41, 5.74) is 3.22. The molecule has 130 valence electrons. The van der Waals surface area contributed by atoms with E-state index in [4.69, 9.17) is 4.98 Å². The Morgan fingerprint density at radius 3 is 2.64 bits per heavy atom. The standard InChI is InChI=1S/C18H21N5S2/c1-13-21-15(11-24-13)10-23(3)18(19-2)20-9-17-22-16(12-25-17)14-7-5-4-6-8-14/h4-8,11-12H,9-10H2,1-3H3,(H,19,20). The Labute approximate surface area is 156 Å². The SMILES string of the molecule is CN=C(NCc1nc(-c2ccccc2)cs1)N(C)Cc1csc(C)n1. The molecule has 0 fully saturated rings. The second kappa shape index (κ2) is 8.22. The summed E-state index contributed by atoms with van der Waals surface area (Å²) in [5, 5.41) is 9.69. The van der Waals surface area contributed by atoms with E-state index in [1.165, 1.54) is 0 Å². The maximum absolute atomic E-state index is 4.71. The molecule has 3 rings (SSSR count). The van der Waals surface area contributed by atoms with Crippen molar-refractivity contribution in [1.82, 2.24) is 20.2 Å². The van der Waals surface area contributed by atoms with Crippen LogP contribution in [0.2, 0.25) is 0 Å². The average molecular weight is 372 g/mol. The van der Waals surface area contributed by atoms with Gasteiger partial charge in [0.1, 0.15) is 5.01 Å². The number of thiazole rings is 2. The van der Waals surface area contributed by atoms with Gasteiger partial charge in [0, 0.05) is 30.4 Å². The predicted molar refractivity (Wildman–Crippen MR) is 106 cm³/mol. The normalized spacial score (nSPS) is 11.6. The van der Waals surface area contributed by atoms with Crippen LogP contribution in [0.15, 0.2) is 46.1 Å². The maximum Gasteiger partial charge on any atom is 0.194 e. The molecule has 0 atom stereocenters. The lowest BCUT2D eigenvalue weighted by atomic mass is 10.2. The van der Waals surface area contributed by atoms with Gasteiger partial charge in [-0.05, 0) is 6.92 Å². The molecule has 0 aliphatic heterocycles. The highest BCUT2D eigenvalue weighted by Crippen LogP contribution is 2.21. The van der Waals surface area contributed by atoms with Gasteiger partial charge in [0.05, 0.1) is 29.5 Å². The second-order valence-electron chi connectivity index (χ2n) is 5.61. The summed E-state index contributed by atoms with van der Waals surface area (Å²) in [7, 11) is 3.81. The summed E-state index contributed by atoms with van der Waals surface area (Å²) in [5.74, 6) is 0.835. The molecule has 1 N–H and O–H groups in total. The Bertz CT molecular complexity index is 838. The van der Waals surface area contributed by atoms with Crippen LogP contribution in [0.5, 0.6) is 0 Å². The van der Waals surface area contributed by atoms with Gasteiger partial charge in [-0.15, -0.1) is 22.7 Å². The first-order valence-electron chi connectivity index (χ1n) is 7.98. The van der Waals surface area contributed by atoms with Gasteiger partial charge in [0.2, 0.25) is 0 Å². The zero-order valence-electron chi connectivity index (χ0n) is 14.6. The fraction of sp³-hybridized carbons (Fsp3) is 0.278. The summed E-state index contributed by atoms with van der Waals surface area (Å²) >= 11 is 3.33. The van der Waals surface area contributed by atoms with Crippen LogP contribution in [0.1, 0.15) is 15.7 Å².